The van der Waals surface area contributed by atoms with Crippen molar-refractivity contribution in [1.82, 2.24) is 4.98 Å². The van der Waals surface area contributed by atoms with Crippen molar-refractivity contribution in [2.24, 2.45) is 5.92 Å². The van der Waals surface area contributed by atoms with Crippen molar-refractivity contribution >= 4 is 68.6 Å². The Labute approximate surface area is 237 Å². The van der Waals surface area contributed by atoms with E-state index in [9.17, 15) is 9.59 Å². The molecule has 1 aromatic heterocycles. The molecule has 0 amide bonds. The molecule has 4 aromatic rings. The largest absolute Gasteiger partial charge is 0.488 e. The molecule has 37 heavy (non-hydrogen) atoms. The number of para-hydroxylation sites is 1. The summed E-state index contributed by atoms with van der Waals surface area (Å²) in [5, 5.41) is 1.99. The molecule has 1 fully saturated rings. The molecule has 1 atom stereocenters. The van der Waals surface area contributed by atoms with Gasteiger partial charge in [-0.1, -0.05) is 53.5 Å². The summed E-state index contributed by atoms with van der Waals surface area (Å²) >= 11 is 14.5. The van der Waals surface area contributed by atoms with Crippen LogP contribution in [-0.2, 0) is 25.7 Å². The fraction of sp³-hybridized carbons (Fsp3) is 0.214. The molecule has 0 radical (unpaired) electrons. The van der Waals surface area contributed by atoms with Crippen molar-refractivity contribution in [2.75, 3.05) is 0 Å². The maximum Gasteiger partial charge on any atom is 0.324 e. The number of aromatic nitrogens is 1. The zero-order valence-corrected chi connectivity index (χ0v) is 23.6. The number of fused-ring (bicyclic) bond motifs is 1. The van der Waals surface area contributed by atoms with E-state index in [0.717, 1.165) is 31.2 Å². The average Bonchev–Trinajstić information content (AvgIpc) is 3.25. The number of hydrogen-bond donors (Lipinski definition) is 1. The molecule has 5 rings (SSSR count). The molecule has 0 aliphatic carbocycles. The van der Waals surface area contributed by atoms with Gasteiger partial charge in [-0.2, -0.15) is 0 Å². The molecule has 0 saturated carbocycles. The Morgan fingerprint density at radius 1 is 1.03 bits per heavy atom. The van der Waals surface area contributed by atoms with Gasteiger partial charge in [-0.15, -0.1) is 0 Å². The number of carbonyl (C=O) groups excluding carboxylic acids is 2. The number of aromatic amines is 1. The topological polar surface area (TPSA) is 77.6 Å². The van der Waals surface area contributed by atoms with Crippen LogP contribution in [0.3, 0.4) is 0 Å². The van der Waals surface area contributed by atoms with Gasteiger partial charge in [0.2, 0.25) is 0 Å². The minimum atomic E-state index is -1.31. The first-order valence-corrected chi connectivity index (χ1v) is 13.3. The van der Waals surface area contributed by atoms with Crippen molar-refractivity contribution in [1.29, 1.82) is 0 Å². The van der Waals surface area contributed by atoms with E-state index in [1.54, 1.807) is 26.0 Å². The average molecular weight is 650 g/mol. The van der Waals surface area contributed by atoms with Gasteiger partial charge in [0.25, 0.3) is 5.79 Å². The molecule has 9 heteroatoms. The Morgan fingerprint density at radius 3 is 2.46 bits per heavy atom. The zero-order chi connectivity index (χ0) is 26.3. The highest BCUT2D eigenvalue weighted by atomic mass is 127. The van der Waals surface area contributed by atoms with Crippen LogP contribution >= 0.6 is 45.8 Å². The molecule has 2 heterocycles. The molecule has 1 aliphatic rings. The van der Waals surface area contributed by atoms with Crippen molar-refractivity contribution < 1.29 is 23.8 Å². The minimum absolute atomic E-state index is 0.258. The van der Waals surface area contributed by atoms with E-state index < -0.39 is 29.6 Å². The van der Waals surface area contributed by atoms with Crippen LogP contribution < -0.4 is 4.74 Å². The number of hydrogen-bond acceptors (Lipinski definition) is 5. The third kappa shape index (κ3) is 5.30. The van der Waals surface area contributed by atoms with Gasteiger partial charge in [-0.25, -0.2) is 0 Å². The minimum Gasteiger partial charge on any atom is -0.488 e. The molecule has 0 unspecified atom stereocenters. The molecular weight excluding hydrogens is 628 g/mol. The number of benzene rings is 3. The molecule has 1 N–H and O–H groups in total. The van der Waals surface area contributed by atoms with Gasteiger partial charge in [-0.05, 0) is 64.0 Å². The highest BCUT2D eigenvalue weighted by Crippen LogP contribution is 2.42. The van der Waals surface area contributed by atoms with Crippen LogP contribution in [0.25, 0.3) is 10.9 Å². The number of nitrogens with one attached hydrogen (secondary N) is 1. The second kappa shape index (κ2) is 10.2. The Morgan fingerprint density at radius 2 is 1.76 bits per heavy atom. The van der Waals surface area contributed by atoms with E-state index >= 15 is 0 Å². The van der Waals surface area contributed by atoms with Gasteiger partial charge in [0.1, 0.15) is 12.4 Å². The maximum absolute atomic E-state index is 13.2. The van der Waals surface area contributed by atoms with Gasteiger partial charge >= 0.3 is 11.9 Å². The van der Waals surface area contributed by atoms with Crippen molar-refractivity contribution in [2.45, 2.75) is 32.2 Å². The van der Waals surface area contributed by atoms with Crippen LogP contribution in [0.5, 0.6) is 5.75 Å². The van der Waals surface area contributed by atoms with E-state index in [4.69, 9.17) is 37.4 Å². The molecule has 1 saturated heterocycles. The summed E-state index contributed by atoms with van der Waals surface area (Å²) < 4.78 is 17.8. The summed E-state index contributed by atoms with van der Waals surface area (Å²) in [5.74, 6) is -3.72. The highest BCUT2D eigenvalue weighted by molar-refractivity contribution is 14.1. The standard InChI is InChI=1S/C28H22Cl2INO5/c1-28(2)36-26(33)25(27(34)37-28)24(19-13-32-22-6-4-3-5-18(19)22)15-8-10-23(21(31)11-15)35-14-16-7-9-17(29)12-20(16)30/h3-13,24-25,32H,14H2,1-2H3/t24-/m0/s1. The number of rotatable bonds is 6. The third-order valence-corrected chi connectivity index (χ3v) is 7.63. The summed E-state index contributed by atoms with van der Waals surface area (Å²) in [6, 6.07) is 18.6. The van der Waals surface area contributed by atoms with Crippen LogP contribution in [0.15, 0.2) is 66.9 Å². The van der Waals surface area contributed by atoms with E-state index in [-0.39, 0.29) is 6.61 Å². The predicted molar refractivity (Wildman–Crippen MR) is 150 cm³/mol. The molecular formula is C28H22Cl2INO5. The fourth-order valence-corrected chi connectivity index (χ4v) is 5.68. The SMILES string of the molecule is CC1(C)OC(=O)C([C@@H](c2ccc(OCc3ccc(Cl)cc3Cl)c(I)c2)c2c[nH]c3ccccc23)C(=O)O1. The first-order chi connectivity index (χ1) is 17.6. The Hall–Kier alpha value is -2.75. The van der Waals surface area contributed by atoms with Gasteiger partial charge in [0.05, 0.1) is 3.57 Å². The smallest absolute Gasteiger partial charge is 0.324 e. The first-order valence-electron chi connectivity index (χ1n) is 11.5. The number of esters is 2. The first kappa shape index (κ1) is 25.9. The number of H-pyrrole nitrogens is 1. The van der Waals surface area contributed by atoms with Gasteiger partial charge in [0, 0.05) is 52.5 Å². The normalized spacial score (nSPS) is 16.4. The summed E-state index contributed by atoms with van der Waals surface area (Å²) in [6.07, 6.45) is 1.83. The van der Waals surface area contributed by atoms with Gasteiger partial charge < -0.3 is 19.2 Å². The van der Waals surface area contributed by atoms with Crippen LogP contribution in [0.4, 0.5) is 0 Å². The van der Waals surface area contributed by atoms with Crippen molar-refractivity contribution in [3.63, 3.8) is 0 Å². The number of halogens is 3. The predicted octanol–water partition coefficient (Wildman–Crippen LogP) is 7.24. The molecule has 1 aliphatic heterocycles. The summed E-state index contributed by atoms with van der Waals surface area (Å²) in [4.78, 5) is 29.5. The molecule has 3 aromatic carbocycles. The lowest BCUT2D eigenvalue weighted by atomic mass is 9.80. The second-order valence-corrected chi connectivity index (χ2v) is 11.2. The Kier molecular flexibility index (Phi) is 7.13. The quantitative estimate of drug-likeness (QED) is 0.135. The lowest BCUT2D eigenvalue weighted by Gasteiger charge is -2.36. The summed E-state index contributed by atoms with van der Waals surface area (Å²) in [6.45, 7) is 3.34. The Bertz CT molecular complexity index is 1500. The van der Waals surface area contributed by atoms with Gasteiger partial charge in [-0.3, -0.25) is 9.59 Å². The van der Waals surface area contributed by atoms with E-state index in [1.165, 1.54) is 0 Å². The number of cyclic esters (lactones) is 2. The third-order valence-electron chi connectivity index (χ3n) is 6.20. The molecule has 6 nitrogen and oxygen atoms in total. The Balaban J connectivity index is 1.52. The summed E-state index contributed by atoms with van der Waals surface area (Å²) in [5.41, 5.74) is 3.25. The highest BCUT2D eigenvalue weighted by Gasteiger charge is 2.48. The van der Waals surface area contributed by atoms with E-state index in [1.807, 2.05) is 54.7 Å². The molecule has 190 valence electrons. The van der Waals surface area contributed by atoms with Crippen LogP contribution in [0.2, 0.25) is 10.0 Å². The lowest BCUT2D eigenvalue weighted by molar-refractivity contribution is -0.240. The molecule has 0 spiro atoms. The number of ether oxygens (including phenoxy) is 3. The molecule has 0 bridgehead atoms. The maximum atomic E-state index is 13.2. The van der Waals surface area contributed by atoms with Crippen LogP contribution in [0, 0.1) is 9.49 Å². The second-order valence-electron chi connectivity index (χ2n) is 9.20. The van der Waals surface area contributed by atoms with E-state index in [0.29, 0.717) is 15.8 Å². The van der Waals surface area contributed by atoms with Gasteiger partial charge in [0.15, 0.2) is 5.92 Å². The van der Waals surface area contributed by atoms with Crippen molar-refractivity contribution in [3.05, 3.63) is 97.2 Å². The monoisotopic (exact) mass is 649 g/mol. The van der Waals surface area contributed by atoms with Crippen LogP contribution in [-0.4, -0.2) is 22.7 Å². The summed E-state index contributed by atoms with van der Waals surface area (Å²) in [7, 11) is 0. The fourth-order valence-electron chi connectivity index (χ4n) is 4.53. The van der Waals surface area contributed by atoms with E-state index in [2.05, 4.69) is 27.6 Å². The lowest BCUT2D eigenvalue weighted by Crippen LogP contribution is -2.48. The number of carbonyl (C=O) groups is 2. The van der Waals surface area contributed by atoms with Crippen LogP contribution in [0.1, 0.15) is 36.5 Å². The van der Waals surface area contributed by atoms with Crippen molar-refractivity contribution in [3.8, 4) is 5.75 Å². The zero-order valence-electron chi connectivity index (χ0n) is 19.9.